The zero-order valence-electron chi connectivity index (χ0n) is 15.4. The van der Waals surface area contributed by atoms with Gasteiger partial charge in [-0.2, -0.15) is 0 Å². The Hall–Kier alpha value is -0.413. The van der Waals surface area contributed by atoms with Crippen LogP contribution in [0, 0.1) is 0 Å². The van der Waals surface area contributed by atoms with Gasteiger partial charge in [-0.15, -0.1) is 11.3 Å². The first-order valence-electron chi connectivity index (χ1n) is 7.46. The summed E-state index contributed by atoms with van der Waals surface area (Å²) >= 11 is 1.04. The van der Waals surface area contributed by atoms with Gasteiger partial charge in [0.2, 0.25) is 0 Å². The minimum absolute atomic E-state index is 0.0992. The van der Waals surface area contributed by atoms with Crippen molar-refractivity contribution in [2.75, 3.05) is 7.11 Å². The van der Waals surface area contributed by atoms with E-state index < -0.39 is 28.7 Å². The largest absolute Gasteiger partial charge is 0.465 e. The Morgan fingerprint density at radius 3 is 2.21 bits per heavy atom. The molecule has 0 aliphatic heterocycles. The van der Waals surface area contributed by atoms with Gasteiger partial charge in [-0.05, 0) is 38.0 Å². The molecular weight excluding hydrogens is 386 g/mol. The highest BCUT2D eigenvalue weighted by atomic mass is 35.7. The van der Waals surface area contributed by atoms with Gasteiger partial charge in [0.15, 0.2) is 17.2 Å². The Morgan fingerprint density at radius 1 is 1.33 bits per heavy atom. The SMILES string of the molecule is COC(=O)c1cc(C(C)(C)O)sc1S(=O)(Cl)=N[Si](C)(C)C(C)(C)C. The molecule has 1 aromatic rings. The minimum atomic E-state index is -3.31. The lowest BCUT2D eigenvalue weighted by Gasteiger charge is -2.32. The summed E-state index contributed by atoms with van der Waals surface area (Å²) in [5.74, 6) is -0.643. The van der Waals surface area contributed by atoms with Crippen molar-refractivity contribution >= 4 is 45.2 Å². The van der Waals surface area contributed by atoms with Crippen molar-refractivity contribution in [2.24, 2.45) is 4.03 Å². The number of ether oxygens (including phenoxy) is 1. The van der Waals surface area contributed by atoms with E-state index in [0.29, 0.717) is 4.88 Å². The van der Waals surface area contributed by atoms with Crippen LogP contribution in [0.4, 0.5) is 0 Å². The highest BCUT2D eigenvalue weighted by Gasteiger charge is 2.39. The molecule has 24 heavy (non-hydrogen) atoms. The predicted octanol–water partition coefficient (Wildman–Crippen LogP) is 4.75. The average Bonchev–Trinajstić information content (AvgIpc) is 2.80. The van der Waals surface area contributed by atoms with Crippen LogP contribution in [0.3, 0.4) is 0 Å². The van der Waals surface area contributed by atoms with E-state index in [0.717, 1.165) is 11.3 Å². The summed E-state index contributed by atoms with van der Waals surface area (Å²) in [6.45, 7) is 13.2. The van der Waals surface area contributed by atoms with Crippen molar-refractivity contribution in [2.45, 2.75) is 62.6 Å². The van der Waals surface area contributed by atoms with Gasteiger partial charge in [0.05, 0.1) is 18.3 Å². The van der Waals surface area contributed by atoms with Crippen LogP contribution in [0.5, 0.6) is 0 Å². The fourth-order valence-electron chi connectivity index (χ4n) is 1.59. The molecule has 0 radical (unpaired) electrons. The molecule has 0 bridgehead atoms. The van der Waals surface area contributed by atoms with Gasteiger partial charge in [0, 0.05) is 15.6 Å². The molecule has 0 aliphatic rings. The molecule has 0 amide bonds. The second-order valence-electron chi connectivity index (χ2n) is 7.72. The lowest BCUT2D eigenvalue weighted by atomic mass is 10.1. The fourth-order valence-corrected chi connectivity index (χ4v) is 9.76. The van der Waals surface area contributed by atoms with Crippen LogP contribution >= 0.6 is 22.0 Å². The van der Waals surface area contributed by atoms with E-state index in [1.54, 1.807) is 13.8 Å². The molecule has 1 aromatic heterocycles. The smallest absolute Gasteiger partial charge is 0.340 e. The minimum Gasteiger partial charge on any atom is -0.465 e. The number of esters is 1. The molecule has 0 fully saturated rings. The van der Waals surface area contributed by atoms with E-state index in [2.05, 4.69) is 4.03 Å². The molecule has 1 atom stereocenters. The Kier molecular flexibility index (Phi) is 6.05. The van der Waals surface area contributed by atoms with Gasteiger partial charge in [0.25, 0.3) is 0 Å². The Bertz CT molecular complexity index is 751. The summed E-state index contributed by atoms with van der Waals surface area (Å²) in [7, 11) is 1.95. The molecule has 1 rings (SSSR count). The second-order valence-corrected chi connectivity index (χ2v) is 17.0. The van der Waals surface area contributed by atoms with Crippen molar-refractivity contribution in [3.63, 3.8) is 0 Å². The molecule has 0 spiro atoms. The number of aliphatic hydroxyl groups is 1. The summed E-state index contributed by atoms with van der Waals surface area (Å²) in [5, 5.41) is 10.1. The third kappa shape index (κ3) is 4.60. The first-order valence-corrected chi connectivity index (χ1v) is 13.6. The number of carbonyl (C=O) groups is 1. The summed E-state index contributed by atoms with van der Waals surface area (Å²) < 4.78 is 22.6. The van der Waals surface area contributed by atoms with E-state index in [1.165, 1.54) is 13.2 Å². The van der Waals surface area contributed by atoms with E-state index in [-0.39, 0.29) is 14.8 Å². The Morgan fingerprint density at radius 2 is 1.83 bits per heavy atom. The summed E-state index contributed by atoms with van der Waals surface area (Å²) in [6.07, 6.45) is 0. The predicted molar refractivity (Wildman–Crippen MR) is 103 cm³/mol. The van der Waals surface area contributed by atoms with Crippen molar-refractivity contribution < 1.29 is 18.8 Å². The van der Waals surface area contributed by atoms with Crippen LogP contribution in [-0.2, 0) is 19.3 Å². The number of halogens is 1. The number of nitrogens with zero attached hydrogens (tertiary/aromatic N) is 1. The lowest BCUT2D eigenvalue weighted by molar-refractivity contribution is 0.0597. The van der Waals surface area contributed by atoms with Gasteiger partial charge >= 0.3 is 5.97 Å². The lowest BCUT2D eigenvalue weighted by Crippen LogP contribution is -2.35. The second kappa shape index (κ2) is 6.72. The first kappa shape index (κ1) is 21.6. The van der Waals surface area contributed by atoms with E-state index in [9.17, 15) is 14.1 Å². The normalized spacial score (nSPS) is 15.8. The molecule has 138 valence electrons. The van der Waals surface area contributed by atoms with Gasteiger partial charge in [-0.25, -0.2) is 9.00 Å². The van der Waals surface area contributed by atoms with Crippen molar-refractivity contribution in [1.29, 1.82) is 0 Å². The molecule has 0 saturated heterocycles. The van der Waals surface area contributed by atoms with Crippen molar-refractivity contribution in [3.8, 4) is 0 Å². The fraction of sp³-hybridized carbons (Fsp3) is 0.667. The Balaban J connectivity index is 3.68. The van der Waals surface area contributed by atoms with Crippen molar-refractivity contribution in [3.05, 3.63) is 16.5 Å². The number of rotatable bonds is 4. The standard InChI is InChI=1S/C15H26ClNO4S2Si/c1-14(2,3)24(7,8)17-23(16,20)13-10(12(18)21-6)9-11(22-13)15(4,5)19/h9,19H,1-8H3. The molecule has 5 nitrogen and oxygen atoms in total. The summed E-state index contributed by atoms with van der Waals surface area (Å²) in [6, 6.07) is 1.48. The van der Waals surface area contributed by atoms with E-state index >= 15 is 0 Å². The molecular formula is C15H26ClNO4S2Si. The van der Waals surface area contributed by atoms with Crippen LogP contribution in [0.25, 0.3) is 0 Å². The zero-order valence-corrected chi connectivity index (χ0v) is 18.8. The average molecular weight is 412 g/mol. The zero-order chi connectivity index (χ0) is 19.1. The Labute approximate surface area is 154 Å². The van der Waals surface area contributed by atoms with Gasteiger partial charge in [-0.3, -0.25) is 4.03 Å². The van der Waals surface area contributed by atoms with Gasteiger partial charge < -0.3 is 9.84 Å². The van der Waals surface area contributed by atoms with Gasteiger partial charge in [0.1, 0.15) is 4.21 Å². The molecule has 1 N–H and O–H groups in total. The van der Waals surface area contributed by atoms with Crippen LogP contribution in [-0.4, -0.2) is 30.6 Å². The monoisotopic (exact) mass is 411 g/mol. The van der Waals surface area contributed by atoms with Crippen LogP contribution in [0.15, 0.2) is 14.3 Å². The molecule has 1 heterocycles. The van der Waals surface area contributed by atoms with E-state index in [1.807, 2.05) is 33.9 Å². The topological polar surface area (TPSA) is 76.0 Å². The summed E-state index contributed by atoms with van der Waals surface area (Å²) in [4.78, 5) is 12.6. The quantitative estimate of drug-likeness (QED) is 0.440. The number of methoxy groups -OCH3 is 1. The highest BCUT2D eigenvalue weighted by Crippen LogP contribution is 2.42. The van der Waals surface area contributed by atoms with Crippen LogP contribution < -0.4 is 0 Å². The van der Waals surface area contributed by atoms with Crippen molar-refractivity contribution in [1.82, 2.24) is 0 Å². The number of thiophene rings is 1. The van der Waals surface area contributed by atoms with Gasteiger partial charge in [-0.1, -0.05) is 20.8 Å². The van der Waals surface area contributed by atoms with E-state index in [4.69, 9.17) is 15.4 Å². The maximum absolute atomic E-state index is 13.2. The molecule has 9 heteroatoms. The molecule has 0 saturated carbocycles. The maximum atomic E-state index is 13.2. The van der Waals surface area contributed by atoms with Crippen LogP contribution in [0.2, 0.25) is 18.1 Å². The highest BCUT2D eigenvalue weighted by molar-refractivity contribution is 8.17. The molecule has 1 unspecified atom stereocenters. The molecule has 0 aromatic carbocycles. The number of hydrogen-bond acceptors (Lipinski definition) is 6. The maximum Gasteiger partial charge on any atom is 0.340 e. The third-order valence-corrected chi connectivity index (χ3v) is 14.8. The number of carbonyl (C=O) groups excluding carboxylic acids is 1. The van der Waals surface area contributed by atoms with Crippen LogP contribution in [0.1, 0.15) is 49.9 Å². The third-order valence-electron chi connectivity index (χ3n) is 4.12. The first-order chi connectivity index (χ1) is 10.5. The molecule has 0 aliphatic carbocycles. The summed E-state index contributed by atoms with van der Waals surface area (Å²) in [5.41, 5.74) is -1.09. The number of hydrogen-bond donors (Lipinski definition) is 1.